The summed E-state index contributed by atoms with van der Waals surface area (Å²) in [6.07, 6.45) is 2.12. The molecule has 3 heteroatoms. The molecule has 2 nitrogen and oxygen atoms in total. The van der Waals surface area contributed by atoms with Gasteiger partial charge in [0.15, 0.2) is 5.78 Å². The second kappa shape index (κ2) is 4.80. The van der Waals surface area contributed by atoms with Gasteiger partial charge >= 0.3 is 0 Å². The lowest BCUT2D eigenvalue weighted by molar-refractivity contribution is 0.0996. The highest BCUT2D eigenvalue weighted by atomic mass is 32.1. The minimum Gasteiger partial charge on any atom is -0.293 e. The summed E-state index contributed by atoms with van der Waals surface area (Å²) in [6, 6.07) is 4.25. The molecule has 17 heavy (non-hydrogen) atoms. The maximum atomic E-state index is 12.0. The molecule has 0 amide bonds. The third kappa shape index (κ3) is 2.61. The fourth-order valence-electron chi connectivity index (χ4n) is 2.09. The van der Waals surface area contributed by atoms with Crippen molar-refractivity contribution in [3.8, 4) is 0 Å². The Hall–Kier alpha value is -1.48. The van der Waals surface area contributed by atoms with Crippen LogP contribution in [0.1, 0.15) is 31.9 Å². The van der Waals surface area contributed by atoms with Gasteiger partial charge in [0.1, 0.15) is 0 Å². The molecule has 0 aliphatic carbocycles. The highest BCUT2D eigenvalue weighted by Crippen LogP contribution is 2.19. The van der Waals surface area contributed by atoms with Crippen molar-refractivity contribution >= 4 is 17.1 Å². The van der Waals surface area contributed by atoms with E-state index in [-0.39, 0.29) is 5.78 Å². The van der Waals surface area contributed by atoms with Crippen LogP contribution in [0.25, 0.3) is 0 Å². The summed E-state index contributed by atoms with van der Waals surface area (Å²) in [4.78, 5) is 16.7. The summed E-state index contributed by atoms with van der Waals surface area (Å²) in [5.74, 6) is 0.155. The van der Waals surface area contributed by atoms with Crippen molar-refractivity contribution in [3.63, 3.8) is 0 Å². The van der Waals surface area contributed by atoms with Gasteiger partial charge in [-0.3, -0.25) is 9.78 Å². The number of aromatic nitrogens is 1. The second-order valence-corrected chi connectivity index (χ2v) is 5.23. The van der Waals surface area contributed by atoms with Crippen molar-refractivity contribution in [2.24, 2.45) is 0 Å². The molecule has 2 rings (SSSR count). The van der Waals surface area contributed by atoms with Crippen LogP contribution in [-0.4, -0.2) is 10.8 Å². The molecule has 0 saturated carbocycles. The van der Waals surface area contributed by atoms with E-state index in [9.17, 15) is 4.79 Å². The van der Waals surface area contributed by atoms with Crippen LogP contribution in [0.3, 0.4) is 0 Å². The first-order valence-corrected chi connectivity index (χ1v) is 6.44. The van der Waals surface area contributed by atoms with Gasteiger partial charge in [-0.1, -0.05) is 17.7 Å². The van der Waals surface area contributed by atoms with Crippen molar-refractivity contribution < 1.29 is 4.79 Å². The maximum Gasteiger partial charge on any atom is 0.178 e. The first kappa shape index (κ1) is 12.0. The van der Waals surface area contributed by atoms with E-state index in [0.717, 1.165) is 10.4 Å². The van der Waals surface area contributed by atoms with Crippen LogP contribution in [-0.2, 0) is 6.42 Å². The summed E-state index contributed by atoms with van der Waals surface area (Å²) in [6.45, 7) is 6.21. The number of ketones is 1. The molecule has 0 spiro atoms. The van der Waals surface area contributed by atoms with Crippen LogP contribution < -0.4 is 0 Å². The fourth-order valence-corrected chi connectivity index (χ4v) is 2.65. The molecule has 0 radical (unpaired) electrons. The first-order chi connectivity index (χ1) is 8.08. The summed E-state index contributed by atoms with van der Waals surface area (Å²) in [5.41, 5.74) is 6.48. The predicted octanol–water partition coefficient (Wildman–Crippen LogP) is 3.49. The number of hydrogen-bond donors (Lipinski definition) is 0. The van der Waals surface area contributed by atoms with E-state index in [0.29, 0.717) is 6.42 Å². The summed E-state index contributed by atoms with van der Waals surface area (Å²) < 4.78 is 0. The number of hydrogen-bond acceptors (Lipinski definition) is 3. The molecule has 0 aliphatic heterocycles. The van der Waals surface area contributed by atoms with Gasteiger partial charge in [-0.2, -0.15) is 0 Å². The van der Waals surface area contributed by atoms with Crippen LogP contribution in [0.2, 0.25) is 0 Å². The maximum absolute atomic E-state index is 12.0. The lowest BCUT2D eigenvalue weighted by Gasteiger charge is -2.09. The van der Waals surface area contributed by atoms with Gasteiger partial charge in [0, 0.05) is 12.6 Å². The Balaban J connectivity index is 2.28. The van der Waals surface area contributed by atoms with Crippen molar-refractivity contribution in [1.29, 1.82) is 0 Å². The second-order valence-electron chi connectivity index (χ2n) is 4.34. The average molecular weight is 245 g/mol. The number of carbonyl (C=O) groups is 1. The minimum atomic E-state index is 0.155. The Labute approximate surface area is 105 Å². The van der Waals surface area contributed by atoms with E-state index in [1.165, 1.54) is 28.0 Å². The molecule has 0 fully saturated rings. The van der Waals surface area contributed by atoms with Gasteiger partial charge in [-0.15, -0.1) is 11.3 Å². The Kier molecular flexibility index (Phi) is 3.38. The fraction of sp³-hybridized carbons (Fsp3) is 0.286. The number of carbonyl (C=O) groups excluding carboxylic acids is 1. The third-order valence-electron chi connectivity index (χ3n) is 2.88. The Bertz CT molecular complexity index is 520. The van der Waals surface area contributed by atoms with Crippen LogP contribution in [0.5, 0.6) is 0 Å². The molecule has 0 N–H and O–H groups in total. The largest absolute Gasteiger partial charge is 0.293 e. The molecular weight excluding hydrogens is 230 g/mol. The van der Waals surface area contributed by atoms with Gasteiger partial charge in [-0.05, 0) is 37.5 Å². The van der Waals surface area contributed by atoms with E-state index >= 15 is 0 Å². The molecule has 0 unspecified atom stereocenters. The Morgan fingerprint density at radius 2 is 1.88 bits per heavy atom. The molecule has 0 saturated heterocycles. The SMILES string of the molecule is Cc1cc(C)c(CC(=O)c2cncs2)c(C)c1. The summed E-state index contributed by atoms with van der Waals surface area (Å²) in [5, 5.41) is 0. The van der Waals surface area contributed by atoms with Crippen molar-refractivity contribution in [2.45, 2.75) is 27.2 Å². The smallest absolute Gasteiger partial charge is 0.178 e. The third-order valence-corrected chi connectivity index (χ3v) is 3.70. The van der Waals surface area contributed by atoms with E-state index < -0.39 is 0 Å². The van der Waals surface area contributed by atoms with Gasteiger partial charge in [0.05, 0.1) is 10.4 Å². The number of nitrogens with zero attached hydrogens (tertiary/aromatic N) is 1. The highest BCUT2D eigenvalue weighted by molar-refractivity contribution is 7.11. The van der Waals surface area contributed by atoms with Crippen LogP contribution >= 0.6 is 11.3 Å². The van der Waals surface area contributed by atoms with Crippen LogP contribution in [0, 0.1) is 20.8 Å². The lowest BCUT2D eigenvalue weighted by atomic mass is 9.95. The molecule has 88 valence electrons. The zero-order chi connectivity index (χ0) is 12.4. The molecule has 1 aromatic heterocycles. The summed E-state index contributed by atoms with van der Waals surface area (Å²) in [7, 11) is 0. The Morgan fingerprint density at radius 1 is 1.24 bits per heavy atom. The van der Waals surface area contributed by atoms with Crippen molar-refractivity contribution in [2.75, 3.05) is 0 Å². The van der Waals surface area contributed by atoms with Gasteiger partial charge in [0.2, 0.25) is 0 Å². The van der Waals surface area contributed by atoms with E-state index in [1.54, 1.807) is 11.7 Å². The number of benzene rings is 1. The quantitative estimate of drug-likeness (QED) is 0.775. The van der Waals surface area contributed by atoms with Crippen LogP contribution in [0.15, 0.2) is 23.8 Å². The summed E-state index contributed by atoms with van der Waals surface area (Å²) >= 11 is 1.40. The molecule has 2 aromatic rings. The van der Waals surface area contributed by atoms with E-state index in [4.69, 9.17) is 0 Å². The zero-order valence-electron chi connectivity index (χ0n) is 10.3. The van der Waals surface area contributed by atoms with Crippen LogP contribution in [0.4, 0.5) is 0 Å². The average Bonchev–Trinajstić information content (AvgIpc) is 2.76. The molecule has 0 aliphatic rings. The number of thiazole rings is 1. The monoisotopic (exact) mass is 245 g/mol. The number of aryl methyl sites for hydroxylation is 3. The predicted molar refractivity (Wildman–Crippen MR) is 70.8 cm³/mol. The molecule has 1 heterocycles. The zero-order valence-corrected chi connectivity index (χ0v) is 11.1. The minimum absolute atomic E-state index is 0.155. The van der Waals surface area contributed by atoms with Gasteiger partial charge in [0.25, 0.3) is 0 Å². The van der Waals surface area contributed by atoms with E-state index in [1.807, 2.05) is 0 Å². The van der Waals surface area contributed by atoms with Crippen molar-refractivity contribution in [1.82, 2.24) is 4.98 Å². The van der Waals surface area contributed by atoms with E-state index in [2.05, 4.69) is 37.9 Å². The standard InChI is InChI=1S/C14H15NOS/c1-9-4-10(2)12(11(3)5-9)6-13(16)14-7-15-8-17-14/h4-5,7-8H,6H2,1-3H3. The molecular formula is C14H15NOS. The topological polar surface area (TPSA) is 30.0 Å². The molecule has 1 aromatic carbocycles. The number of rotatable bonds is 3. The van der Waals surface area contributed by atoms with Gasteiger partial charge < -0.3 is 0 Å². The number of Topliss-reactive ketones (excluding diaryl/α,β-unsaturated/α-hetero) is 1. The Morgan fingerprint density at radius 3 is 2.41 bits per heavy atom. The highest BCUT2D eigenvalue weighted by Gasteiger charge is 2.12. The first-order valence-electron chi connectivity index (χ1n) is 5.56. The molecule has 0 atom stereocenters. The molecule has 0 bridgehead atoms. The van der Waals surface area contributed by atoms with Gasteiger partial charge in [-0.25, -0.2) is 0 Å². The lowest BCUT2D eigenvalue weighted by Crippen LogP contribution is -2.05. The van der Waals surface area contributed by atoms with Crippen molar-refractivity contribution in [3.05, 3.63) is 51.0 Å². The normalized spacial score (nSPS) is 10.5.